The van der Waals surface area contributed by atoms with Crippen LogP contribution < -0.4 is 14.2 Å². The predicted molar refractivity (Wildman–Crippen MR) is 155 cm³/mol. The number of rotatable bonds is 11. The SMILES string of the molecule is CCc1cc(-c2cccc(CCc3c(O)c(OC)c(OCCCO)c4c3OC(c3ccc(O)cc3)CC4=O)c2)c[nH]1. The number of hydrogen-bond donors (Lipinski definition) is 4. The van der Waals surface area contributed by atoms with Crippen LogP contribution in [0.1, 0.15) is 58.6 Å². The number of fused-ring (bicyclic) bond motifs is 1. The van der Waals surface area contributed by atoms with E-state index in [1.807, 2.05) is 18.3 Å². The van der Waals surface area contributed by atoms with Gasteiger partial charge >= 0.3 is 0 Å². The number of phenols is 2. The summed E-state index contributed by atoms with van der Waals surface area (Å²) in [6.45, 7) is 2.16. The molecule has 1 aromatic heterocycles. The third-order valence-corrected chi connectivity index (χ3v) is 7.41. The Balaban J connectivity index is 1.52. The molecule has 0 bridgehead atoms. The van der Waals surface area contributed by atoms with Crippen LogP contribution in [0.3, 0.4) is 0 Å². The number of hydrogen-bond acceptors (Lipinski definition) is 7. The fourth-order valence-electron chi connectivity index (χ4n) is 5.22. The molecular weight excluding hydrogens is 522 g/mol. The van der Waals surface area contributed by atoms with Gasteiger partial charge in [-0.3, -0.25) is 4.79 Å². The first-order valence-corrected chi connectivity index (χ1v) is 13.9. The molecule has 0 aliphatic carbocycles. The summed E-state index contributed by atoms with van der Waals surface area (Å²) in [6.07, 6.45) is 3.70. The molecular formula is C33H35NO7. The molecule has 1 unspecified atom stereocenters. The summed E-state index contributed by atoms with van der Waals surface area (Å²) in [5.74, 6) is 0.234. The van der Waals surface area contributed by atoms with Crippen LogP contribution in [-0.4, -0.2) is 46.4 Å². The number of aliphatic hydroxyl groups is 1. The number of Topliss-reactive ketones (excluding diaryl/α,β-unsaturated/α-hetero) is 1. The van der Waals surface area contributed by atoms with Gasteiger partial charge in [0, 0.05) is 30.5 Å². The number of ether oxygens (including phenoxy) is 3. The molecule has 1 aliphatic rings. The van der Waals surface area contributed by atoms with Gasteiger partial charge in [-0.25, -0.2) is 0 Å². The Morgan fingerprint density at radius 1 is 1.02 bits per heavy atom. The molecule has 4 N–H and O–H groups in total. The van der Waals surface area contributed by atoms with E-state index in [1.165, 1.54) is 12.8 Å². The summed E-state index contributed by atoms with van der Waals surface area (Å²) in [7, 11) is 1.42. The highest BCUT2D eigenvalue weighted by Crippen LogP contribution is 2.52. The zero-order valence-electron chi connectivity index (χ0n) is 23.3. The number of nitrogens with one attached hydrogen (secondary N) is 1. The number of methoxy groups -OCH3 is 1. The molecule has 8 nitrogen and oxygen atoms in total. The molecule has 5 rings (SSSR count). The molecule has 0 fully saturated rings. The van der Waals surface area contributed by atoms with Gasteiger partial charge in [0.1, 0.15) is 23.2 Å². The van der Waals surface area contributed by atoms with E-state index in [4.69, 9.17) is 14.2 Å². The van der Waals surface area contributed by atoms with Crippen LogP contribution >= 0.6 is 0 Å². The quantitative estimate of drug-likeness (QED) is 0.169. The van der Waals surface area contributed by atoms with Gasteiger partial charge in [0.15, 0.2) is 17.3 Å². The van der Waals surface area contributed by atoms with Crippen LogP contribution in [-0.2, 0) is 19.3 Å². The van der Waals surface area contributed by atoms with Crippen molar-refractivity contribution in [2.45, 2.75) is 45.1 Å². The van der Waals surface area contributed by atoms with Crippen molar-refractivity contribution >= 4 is 5.78 Å². The van der Waals surface area contributed by atoms with Crippen molar-refractivity contribution in [3.05, 3.63) is 88.7 Å². The van der Waals surface area contributed by atoms with Crippen molar-refractivity contribution < 1.29 is 34.3 Å². The second-order valence-electron chi connectivity index (χ2n) is 10.1. The van der Waals surface area contributed by atoms with Crippen LogP contribution in [0.4, 0.5) is 0 Å². The predicted octanol–water partition coefficient (Wildman–Crippen LogP) is 5.92. The molecule has 0 saturated heterocycles. The first-order chi connectivity index (χ1) is 19.9. The van der Waals surface area contributed by atoms with Crippen molar-refractivity contribution in [1.82, 2.24) is 4.98 Å². The lowest BCUT2D eigenvalue weighted by atomic mass is 9.90. The van der Waals surface area contributed by atoms with E-state index in [0.717, 1.165) is 28.7 Å². The Bertz CT molecular complexity index is 1520. The molecule has 0 saturated carbocycles. The highest BCUT2D eigenvalue weighted by atomic mass is 16.5. The Morgan fingerprint density at radius 3 is 2.54 bits per heavy atom. The average molecular weight is 558 g/mol. The number of H-pyrrole nitrogens is 1. The Labute approximate surface area is 239 Å². The number of aliphatic hydroxyl groups excluding tert-OH is 1. The summed E-state index contributed by atoms with van der Waals surface area (Å²) in [5.41, 5.74) is 5.86. The maximum absolute atomic E-state index is 13.6. The molecule has 1 aliphatic heterocycles. The van der Waals surface area contributed by atoms with Gasteiger partial charge < -0.3 is 34.5 Å². The van der Waals surface area contributed by atoms with Crippen molar-refractivity contribution in [2.75, 3.05) is 20.3 Å². The highest BCUT2D eigenvalue weighted by Gasteiger charge is 2.37. The number of aromatic nitrogens is 1. The molecule has 1 atom stereocenters. The zero-order chi connectivity index (χ0) is 28.9. The van der Waals surface area contributed by atoms with E-state index < -0.39 is 6.10 Å². The maximum Gasteiger partial charge on any atom is 0.204 e. The maximum atomic E-state index is 13.6. The zero-order valence-corrected chi connectivity index (χ0v) is 23.3. The first-order valence-electron chi connectivity index (χ1n) is 13.9. The third-order valence-electron chi connectivity index (χ3n) is 7.41. The first kappa shape index (κ1) is 28.1. The average Bonchev–Trinajstić information content (AvgIpc) is 3.47. The summed E-state index contributed by atoms with van der Waals surface area (Å²) < 4.78 is 17.9. The van der Waals surface area contributed by atoms with Gasteiger partial charge in [-0.2, -0.15) is 0 Å². The monoisotopic (exact) mass is 557 g/mol. The number of aromatic amines is 1. The minimum atomic E-state index is -0.600. The number of carbonyl (C=O) groups excluding carboxylic acids is 1. The second-order valence-corrected chi connectivity index (χ2v) is 10.1. The topological polar surface area (TPSA) is 121 Å². The van der Waals surface area contributed by atoms with Gasteiger partial charge in [0.05, 0.1) is 20.1 Å². The van der Waals surface area contributed by atoms with Gasteiger partial charge in [-0.1, -0.05) is 43.3 Å². The molecule has 4 aromatic rings. The fourth-order valence-corrected chi connectivity index (χ4v) is 5.22. The fraction of sp³-hybridized carbons (Fsp3) is 0.303. The number of carbonyl (C=O) groups is 1. The molecule has 8 heteroatoms. The number of aryl methyl sites for hydroxylation is 2. The number of phenolic OH excluding ortho intramolecular Hbond substituents is 2. The molecule has 214 valence electrons. The minimum Gasteiger partial charge on any atom is -0.508 e. The summed E-state index contributed by atoms with van der Waals surface area (Å²) in [5, 5.41) is 30.4. The highest BCUT2D eigenvalue weighted by molar-refractivity contribution is 6.04. The van der Waals surface area contributed by atoms with Crippen LogP contribution in [0.15, 0.2) is 60.8 Å². The van der Waals surface area contributed by atoms with Crippen LogP contribution in [0, 0.1) is 0 Å². The largest absolute Gasteiger partial charge is 0.508 e. The number of aromatic hydroxyl groups is 2. The van der Waals surface area contributed by atoms with Crippen LogP contribution in [0.25, 0.3) is 11.1 Å². The van der Waals surface area contributed by atoms with E-state index in [-0.39, 0.29) is 59.7 Å². The van der Waals surface area contributed by atoms with E-state index >= 15 is 0 Å². The third kappa shape index (κ3) is 5.88. The molecule has 2 heterocycles. The van der Waals surface area contributed by atoms with Crippen molar-refractivity contribution in [3.8, 4) is 39.9 Å². The van der Waals surface area contributed by atoms with Crippen molar-refractivity contribution in [1.29, 1.82) is 0 Å². The summed E-state index contributed by atoms with van der Waals surface area (Å²) in [6, 6.07) is 16.9. The van der Waals surface area contributed by atoms with Gasteiger partial charge in [0.25, 0.3) is 0 Å². The van der Waals surface area contributed by atoms with Crippen LogP contribution in [0.2, 0.25) is 0 Å². The lowest BCUT2D eigenvalue weighted by Gasteiger charge is -2.30. The van der Waals surface area contributed by atoms with Gasteiger partial charge in [0.2, 0.25) is 5.75 Å². The van der Waals surface area contributed by atoms with E-state index in [0.29, 0.717) is 24.8 Å². The Kier molecular flexibility index (Phi) is 8.50. The lowest BCUT2D eigenvalue weighted by molar-refractivity contribution is 0.0837. The molecule has 0 radical (unpaired) electrons. The van der Waals surface area contributed by atoms with E-state index in [1.54, 1.807) is 24.3 Å². The van der Waals surface area contributed by atoms with Crippen molar-refractivity contribution in [2.24, 2.45) is 0 Å². The molecule has 3 aromatic carbocycles. The Hall–Kier alpha value is -4.43. The van der Waals surface area contributed by atoms with E-state index in [2.05, 4.69) is 30.1 Å². The lowest BCUT2D eigenvalue weighted by Crippen LogP contribution is -2.23. The Morgan fingerprint density at radius 2 is 1.83 bits per heavy atom. The minimum absolute atomic E-state index is 0.0555. The second kappa shape index (κ2) is 12.4. The molecule has 41 heavy (non-hydrogen) atoms. The van der Waals surface area contributed by atoms with Crippen molar-refractivity contribution in [3.63, 3.8) is 0 Å². The van der Waals surface area contributed by atoms with Gasteiger partial charge in [-0.15, -0.1) is 0 Å². The number of ketones is 1. The smallest absolute Gasteiger partial charge is 0.204 e. The molecule has 0 amide bonds. The van der Waals surface area contributed by atoms with E-state index in [9.17, 15) is 20.1 Å². The van der Waals surface area contributed by atoms with Gasteiger partial charge in [-0.05, 0) is 59.7 Å². The molecule has 0 spiro atoms. The number of benzene rings is 3. The van der Waals surface area contributed by atoms with Crippen LogP contribution in [0.5, 0.6) is 28.7 Å². The normalized spacial score (nSPS) is 14.4. The summed E-state index contributed by atoms with van der Waals surface area (Å²) >= 11 is 0. The summed E-state index contributed by atoms with van der Waals surface area (Å²) in [4.78, 5) is 16.9. The standard InChI is InChI=1S/C33H35NO7/c1-3-24-17-23(19-34-24)22-7-4-6-20(16-22)8-13-26-30(38)33(39-2)32(40-15-5-14-35)29-27(37)18-28(41-31(26)29)21-9-11-25(36)12-10-21/h4,6-7,9-12,16-17,19,28,34-36,38H,3,5,8,13-15,18H2,1-2H3.